The van der Waals surface area contributed by atoms with Crippen molar-refractivity contribution in [2.75, 3.05) is 12.4 Å². The van der Waals surface area contributed by atoms with E-state index < -0.39 is 0 Å². The minimum Gasteiger partial charge on any atom is -0.326 e. The Morgan fingerprint density at radius 1 is 1.50 bits per heavy atom. The van der Waals surface area contributed by atoms with Gasteiger partial charge < -0.3 is 16.0 Å². The molecule has 0 fully saturated rings. The highest BCUT2D eigenvalue weighted by Gasteiger charge is 2.14. The average molecular weight is 249 g/mol. The summed E-state index contributed by atoms with van der Waals surface area (Å²) in [5.41, 5.74) is 7.38. The molecular weight excluding hydrogens is 226 g/mol. The second-order valence-electron chi connectivity index (χ2n) is 4.58. The van der Waals surface area contributed by atoms with Gasteiger partial charge >= 0.3 is 6.03 Å². The number of nitrogens with two attached hydrogens (primary N) is 1. The van der Waals surface area contributed by atoms with Gasteiger partial charge in [0, 0.05) is 25.3 Å². The third-order valence-electron chi connectivity index (χ3n) is 3.10. The maximum atomic E-state index is 12.0. The van der Waals surface area contributed by atoms with E-state index in [0.29, 0.717) is 6.54 Å². The van der Waals surface area contributed by atoms with Crippen molar-refractivity contribution in [3.05, 3.63) is 29.8 Å². The van der Waals surface area contributed by atoms with Crippen LogP contribution in [0.4, 0.5) is 10.5 Å². The number of hydrogen-bond donors (Lipinski definition) is 2. The van der Waals surface area contributed by atoms with Gasteiger partial charge in [-0.1, -0.05) is 25.5 Å². The predicted molar refractivity (Wildman–Crippen MR) is 75.5 cm³/mol. The van der Waals surface area contributed by atoms with Crippen LogP contribution < -0.4 is 11.1 Å². The van der Waals surface area contributed by atoms with Gasteiger partial charge in [0.05, 0.1) is 0 Å². The fraction of sp³-hybridized carbons (Fsp3) is 0.500. The van der Waals surface area contributed by atoms with Crippen LogP contribution in [0.2, 0.25) is 0 Å². The van der Waals surface area contributed by atoms with E-state index in [0.717, 1.165) is 24.1 Å². The maximum Gasteiger partial charge on any atom is 0.321 e. The van der Waals surface area contributed by atoms with Gasteiger partial charge in [0.2, 0.25) is 0 Å². The summed E-state index contributed by atoms with van der Waals surface area (Å²) in [5.74, 6) is 0. The first-order valence-corrected chi connectivity index (χ1v) is 6.41. The average Bonchev–Trinajstić information content (AvgIpc) is 2.38. The molecule has 100 valence electrons. The minimum atomic E-state index is -0.0786. The predicted octanol–water partition coefficient (Wildman–Crippen LogP) is 2.80. The van der Waals surface area contributed by atoms with Crippen molar-refractivity contribution in [3.8, 4) is 0 Å². The summed E-state index contributed by atoms with van der Waals surface area (Å²) in [5, 5.41) is 2.89. The number of nitrogens with one attached hydrogen (secondary N) is 1. The topological polar surface area (TPSA) is 58.4 Å². The van der Waals surface area contributed by atoms with E-state index in [1.807, 2.05) is 31.3 Å². The van der Waals surface area contributed by atoms with E-state index in [1.165, 1.54) is 0 Å². The summed E-state index contributed by atoms with van der Waals surface area (Å²) in [6, 6.07) is 7.77. The number of carbonyl (C=O) groups excluding carboxylic acids is 1. The zero-order valence-corrected chi connectivity index (χ0v) is 11.4. The summed E-state index contributed by atoms with van der Waals surface area (Å²) in [4.78, 5) is 13.7. The number of urea groups is 1. The molecule has 0 aliphatic rings. The smallest absolute Gasteiger partial charge is 0.321 e. The van der Waals surface area contributed by atoms with Gasteiger partial charge in [-0.3, -0.25) is 0 Å². The number of nitrogens with zero attached hydrogens (tertiary/aromatic N) is 1. The van der Waals surface area contributed by atoms with Crippen LogP contribution in [0, 0.1) is 0 Å². The molecule has 0 bridgehead atoms. The normalized spacial score (nSPS) is 12.0. The third kappa shape index (κ3) is 4.04. The van der Waals surface area contributed by atoms with Crippen molar-refractivity contribution in [2.45, 2.75) is 39.3 Å². The number of amides is 2. The molecule has 1 unspecified atom stereocenters. The molecule has 0 saturated heterocycles. The molecule has 0 aromatic heterocycles. The molecule has 1 rings (SSSR count). The van der Waals surface area contributed by atoms with Crippen molar-refractivity contribution >= 4 is 11.7 Å². The number of hydrogen-bond acceptors (Lipinski definition) is 2. The number of benzene rings is 1. The van der Waals surface area contributed by atoms with Crippen LogP contribution in [0.5, 0.6) is 0 Å². The standard InChI is InChI=1S/C14H23N3O/c1-4-6-11(2)17(3)14(18)16-13-8-5-7-12(9-13)10-15/h5,7-9,11H,4,6,10,15H2,1-3H3,(H,16,18). The van der Waals surface area contributed by atoms with Gasteiger partial charge in [0.1, 0.15) is 0 Å². The van der Waals surface area contributed by atoms with Crippen molar-refractivity contribution in [1.29, 1.82) is 0 Å². The number of rotatable bonds is 5. The fourth-order valence-electron chi connectivity index (χ4n) is 1.80. The van der Waals surface area contributed by atoms with Crippen LogP contribution in [0.3, 0.4) is 0 Å². The van der Waals surface area contributed by atoms with Gasteiger partial charge in [0.15, 0.2) is 0 Å². The molecule has 1 aromatic rings. The first-order chi connectivity index (χ1) is 8.58. The number of carbonyl (C=O) groups is 1. The first-order valence-electron chi connectivity index (χ1n) is 6.41. The van der Waals surface area contributed by atoms with Gasteiger partial charge in [-0.15, -0.1) is 0 Å². The molecule has 0 radical (unpaired) electrons. The van der Waals surface area contributed by atoms with Crippen LogP contribution in [0.15, 0.2) is 24.3 Å². The van der Waals surface area contributed by atoms with Crippen LogP contribution in [0.1, 0.15) is 32.3 Å². The molecule has 4 heteroatoms. The summed E-state index contributed by atoms with van der Waals surface area (Å²) in [6.07, 6.45) is 2.08. The summed E-state index contributed by atoms with van der Waals surface area (Å²) >= 11 is 0. The monoisotopic (exact) mass is 249 g/mol. The van der Waals surface area contributed by atoms with Gasteiger partial charge in [-0.2, -0.15) is 0 Å². The molecule has 3 N–H and O–H groups in total. The highest BCUT2D eigenvalue weighted by atomic mass is 16.2. The molecular formula is C14H23N3O. The SMILES string of the molecule is CCCC(C)N(C)C(=O)Nc1cccc(CN)c1. The van der Waals surface area contributed by atoms with E-state index in [1.54, 1.807) is 4.90 Å². The van der Waals surface area contributed by atoms with Crippen molar-refractivity contribution in [3.63, 3.8) is 0 Å². The zero-order valence-electron chi connectivity index (χ0n) is 11.4. The van der Waals surface area contributed by atoms with Gasteiger partial charge in [0.25, 0.3) is 0 Å². The van der Waals surface area contributed by atoms with E-state index in [9.17, 15) is 4.79 Å². The quantitative estimate of drug-likeness (QED) is 0.843. The summed E-state index contributed by atoms with van der Waals surface area (Å²) in [7, 11) is 1.82. The van der Waals surface area contributed by atoms with E-state index >= 15 is 0 Å². The fourth-order valence-corrected chi connectivity index (χ4v) is 1.80. The van der Waals surface area contributed by atoms with Crippen LogP contribution in [-0.4, -0.2) is 24.0 Å². The highest BCUT2D eigenvalue weighted by molar-refractivity contribution is 5.89. The largest absolute Gasteiger partial charge is 0.326 e. The minimum absolute atomic E-state index is 0.0786. The van der Waals surface area contributed by atoms with Crippen LogP contribution in [0.25, 0.3) is 0 Å². The van der Waals surface area contributed by atoms with E-state index in [2.05, 4.69) is 19.2 Å². The number of anilines is 1. The zero-order chi connectivity index (χ0) is 13.5. The Hall–Kier alpha value is -1.55. The lowest BCUT2D eigenvalue weighted by Gasteiger charge is -2.25. The summed E-state index contributed by atoms with van der Waals surface area (Å²) < 4.78 is 0. The molecule has 0 saturated carbocycles. The Balaban J connectivity index is 2.63. The molecule has 2 amide bonds. The van der Waals surface area contributed by atoms with E-state index in [-0.39, 0.29) is 12.1 Å². The second-order valence-corrected chi connectivity index (χ2v) is 4.58. The lowest BCUT2D eigenvalue weighted by molar-refractivity contribution is 0.205. The highest BCUT2D eigenvalue weighted by Crippen LogP contribution is 2.12. The Labute approximate surface area is 109 Å². The lowest BCUT2D eigenvalue weighted by Crippen LogP contribution is -2.38. The lowest BCUT2D eigenvalue weighted by atomic mass is 10.2. The molecule has 0 spiro atoms. The second kappa shape index (κ2) is 7.01. The third-order valence-corrected chi connectivity index (χ3v) is 3.10. The van der Waals surface area contributed by atoms with Crippen molar-refractivity contribution < 1.29 is 4.79 Å². The maximum absolute atomic E-state index is 12.0. The van der Waals surface area contributed by atoms with Crippen molar-refractivity contribution in [2.24, 2.45) is 5.73 Å². The molecule has 0 heterocycles. The Morgan fingerprint density at radius 2 is 2.22 bits per heavy atom. The van der Waals surface area contributed by atoms with Crippen molar-refractivity contribution in [1.82, 2.24) is 4.90 Å². The molecule has 0 aliphatic carbocycles. The molecule has 1 atom stereocenters. The summed E-state index contributed by atoms with van der Waals surface area (Å²) in [6.45, 7) is 4.65. The Morgan fingerprint density at radius 3 is 2.83 bits per heavy atom. The Bertz CT molecular complexity index is 392. The first kappa shape index (κ1) is 14.5. The molecule has 18 heavy (non-hydrogen) atoms. The van der Waals surface area contributed by atoms with Crippen LogP contribution >= 0.6 is 0 Å². The molecule has 0 aliphatic heterocycles. The van der Waals surface area contributed by atoms with E-state index in [4.69, 9.17) is 5.73 Å². The Kier molecular flexibility index (Phi) is 5.65. The molecule has 1 aromatic carbocycles. The van der Waals surface area contributed by atoms with Crippen LogP contribution in [-0.2, 0) is 6.54 Å². The van der Waals surface area contributed by atoms with Gasteiger partial charge in [-0.05, 0) is 31.0 Å². The molecule has 4 nitrogen and oxygen atoms in total. The van der Waals surface area contributed by atoms with Gasteiger partial charge in [-0.25, -0.2) is 4.79 Å².